The minimum absolute atomic E-state index is 0.252. The monoisotopic (exact) mass is 487 g/mol. The van der Waals surface area contributed by atoms with Crippen LogP contribution in [0.2, 0.25) is 0 Å². The van der Waals surface area contributed by atoms with Crippen molar-refractivity contribution < 1.29 is 19.1 Å². The summed E-state index contributed by atoms with van der Waals surface area (Å²) in [6, 6.07) is 13.7. The summed E-state index contributed by atoms with van der Waals surface area (Å²) in [5, 5.41) is 3.19. The molecular formula is C25H21N5O4S. The maximum Gasteiger partial charge on any atom is 0.337 e. The number of pyridine rings is 2. The first kappa shape index (κ1) is 23.8. The molecule has 0 atom stereocenters. The Bertz CT molecular complexity index is 1280. The van der Waals surface area contributed by atoms with Gasteiger partial charge in [-0.3, -0.25) is 29.4 Å². The Morgan fingerprint density at radius 3 is 2.37 bits per heavy atom. The van der Waals surface area contributed by atoms with Gasteiger partial charge in [0, 0.05) is 36.6 Å². The summed E-state index contributed by atoms with van der Waals surface area (Å²) in [7, 11) is 1.30. The fourth-order valence-electron chi connectivity index (χ4n) is 3.19. The topological polar surface area (TPSA) is 114 Å². The number of hydrogen-bond acceptors (Lipinski definition) is 8. The molecule has 2 aromatic heterocycles. The summed E-state index contributed by atoms with van der Waals surface area (Å²) >= 11 is 1.14. The van der Waals surface area contributed by atoms with Crippen molar-refractivity contribution in [1.29, 1.82) is 0 Å². The molecule has 35 heavy (non-hydrogen) atoms. The molecule has 0 aliphatic carbocycles. The molecule has 176 valence electrons. The Hall–Kier alpha value is -4.31. The quantitative estimate of drug-likeness (QED) is 0.401. The average Bonchev–Trinajstić information content (AvgIpc) is 3.17. The van der Waals surface area contributed by atoms with Gasteiger partial charge in [-0.15, -0.1) is 0 Å². The first-order valence-electron chi connectivity index (χ1n) is 10.6. The Labute approximate surface area is 206 Å². The van der Waals surface area contributed by atoms with Crippen molar-refractivity contribution in [2.75, 3.05) is 12.4 Å². The van der Waals surface area contributed by atoms with Crippen molar-refractivity contribution in [2.45, 2.75) is 13.1 Å². The van der Waals surface area contributed by atoms with Crippen LogP contribution in [0.1, 0.15) is 21.5 Å². The van der Waals surface area contributed by atoms with E-state index in [9.17, 15) is 14.4 Å². The summed E-state index contributed by atoms with van der Waals surface area (Å²) in [5.41, 5.74) is 2.59. The summed E-state index contributed by atoms with van der Waals surface area (Å²) in [5.74, 6) is -1.26. The number of amidine groups is 1. The van der Waals surface area contributed by atoms with Crippen LogP contribution in [0.25, 0.3) is 0 Å². The van der Waals surface area contributed by atoms with Gasteiger partial charge in [0.15, 0.2) is 5.17 Å². The van der Waals surface area contributed by atoms with Gasteiger partial charge in [-0.25, -0.2) is 4.79 Å². The summed E-state index contributed by atoms with van der Waals surface area (Å²) in [6.45, 7) is 0.624. The van der Waals surface area contributed by atoms with E-state index in [1.165, 1.54) is 18.1 Å². The molecule has 1 aromatic carbocycles. The fraction of sp³-hybridized carbons (Fsp3) is 0.120. The number of rotatable bonds is 7. The second-order valence-electron chi connectivity index (χ2n) is 7.38. The first-order chi connectivity index (χ1) is 17.0. The molecule has 3 heterocycles. The van der Waals surface area contributed by atoms with E-state index in [0.29, 0.717) is 23.0 Å². The van der Waals surface area contributed by atoms with E-state index in [-0.39, 0.29) is 17.4 Å². The largest absolute Gasteiger partial charge is 0.465 e. The number of ether oxygens (including phenoxy) is 1. The van der Waals surface area contributed by atoms with Gasteiger partial charge >= 0.3 is 5.97 Å². The van der Waals surface area contributed by atoms with E-state index in [0.717, 1.165) is 22.9 Å². The minimum Gasteiger partial charge on any atom is -0.465 e. The van der Waals surface area contributed by atoms with Crippen molar-refractivity contribution >= 4 is 40.4 Å². The number of thioether (sulfide) groups is 1. The molecule has 1 aliphatic heterocycles. The first-order valence-corrected chi connectivity index (χ1v) is 11.4. The molecule has 1 aliphatic rings. The number of esters is 1. The Morgan fingerprint density at radius 1 is 1.06 bits per heavy atom. The van der Waals surface area contributed by atoms with Gasteiger partial charge in [-0.05, 0) is 59.3 Å². The number of aliphatic imine (C=N–C) groups is 1. The maximum atomic E-state index is 13.2. The molecule has 0 unspecified atom stereocenters. The van der Waals surface area contributed by atoms with Crippen molar-refractivity contribution in [2.24, 2.45) is 4.99 Å². The molecular weight excluding hydrogens is 466 g/mol. The molecule has 4 rings (SSSR count). The van der Waals surface area contributed by atoms with Crippen LogP contribution >= 0.6 is 11.8 Å². The van der Waals surface area contributed by atoms with E-state index in [1.54, 1.807) is 55.1 Å². The van der Waals surface area contributed by atoms with Crippen LogP contribution in [0.5, 0.6) is 0 Å². The third kappa shape index (κ3) is 6.18. The lowest BCUT2D eigenvalue weighted by Crippen LogP contribution is -2.29. The summed E-state index contributed by atoms with van der Waals surface area (Å²) in [6.07, 6.45) is 8.00. The lowest BCUT2D eigenvalue weighted by Gasteiger charge is -2.15. The molecule has 1 N–H and O–H groups in total. The average molecular weight is 488 g/mol. The number of carbonyl (C=O) groups excluding carboxylic acids is 3. The third-order valence-electron chi connectivity index (χ3n) is 4.91. The number of anilines is 1. The highest BCUT2D eigenvalue weighted by Gasteiger charge is 2.34. The predicted octanol–water partition coefficient (Wildman–Crippen LogP) is 3.42. The Balaban J connectivity index is 1.52. The van der Waals surface area contributed by atoms with Crippen LogP contribution in [0.15, 0.2) is 89.3 Å². The fourth-order valence-corrected chi connectivity index (χ4v) is 4.14. The van der Waals surface area contributed by atoms with E-state index in [2.05, 4.69) is 25.0 Å². The summed E-state index contributed by atoms with van der Waals surface area (Å²) in [4.78, 5) is 51.9. The van der Waals surface area contributed by atoms with E-state index >= 15 is 0 Å². The van der Waals surface area contributed by atoms with Gasteiger partial charge in [-0.1, -0.05) is 12.1 Å². The van der Waals surface area contributed by atoms with Gasteiger partial charge in [0.25, 0.3) is 5.91 Å². The highest BCUT2D eigenvalue weighted by atomic mass is 32.2. The zero-order valence-electron chi connectivity index (χ0n) is 18.7. The molecule has 0 radical (unpaired) electrons. The number of benzene rings is 1. The van der Waals surface area contributed by atoms with E-state index < -0.39 is 11.9 Å². The molecule has 1 saturated heterocycles. The van der Waals surface area contributed by atoms with Crippen LogP contribution in [-0.4, -0.2) is 44.9 Å². The van der Waals surface area contributed by atoms with E-state index in [1.807, 2.05) is 18.2 Å². The highest BCUT2D eigenvalue weighted by Crippen LogP contribution is 2.32. The zero-order chi connectivity index (χ0) is 24.6. The van der Waals surface area contributed by atoms with Crippen molar-refractivity contribution in [1.82, 2.24) is 14.9 Å². The zero-order valence-corrected chi connectivity index (χ0v) is 19.6. The molecule has 0 bridgehead atoms. The SMILES string of the molecule is COC(=O)c1ccc(NC(=O)C=C2SC(=NCc3cccnc3)N(Cc3cccnc3)C2=O)cc1. The predicted molar refractivity (Wildman–Crippen MR) is 132 cm³/mol. The summed E-state index contributed by atoms with van der Waals surface area (Å²) < 4.78 is 4.67. The highest BCUT2D eigenvalue weighted by molar-refractivity contribution is 8.18. The number of methoxy groups -OCH3 is 1. The molecule has 10 heteroatoms. The standard InChI is InChI=1S/C25H21N5O4S/c1-34-24(33)19-6-8-20(9-7-19)29-22(31)12-21-23(32)30(16-18-5-3-11-27-14-18)25(35-21)28-15-17-4-2-10-26-13-17/h2-14H,15-16H2,1H3,(H,29,31). The Morgan fingerprint density at radius 2 is 1.74 bits per heavy atom. The number of amides is 2. The number of carbonyl (C=O) groups is 3. The van der Waals surface area contributed by atoms with Crippen molar-refractivity contribution in [3.63, 3.8) is 0 Å². The van der Waals surface area contributed by atoms with Gasteiger partial charge in [0.2, 0.25) is 5.91 Å². The van der Waals surface area contributed by atoms with Gasteiger partial charge < -0.3 is 10.1 Å². The molecule has 3 aromatic rings. The number of nitrogens with zero attached hydrogens (tertiary/aromatic N) is 4. The number of nitrogens with one attached hydrogen (secondary N) is 1. The third-order valence-corrected chi connectivity index (χ3v) is 5.95. The molecule has 1 fully saturated rings. The Kier molecular flexibility index (Phi) is 7.63. The van der Waals surface area contributed by atoms with E-state index in [4.69, 9.17) is 0 Å². The van der Waals surface area contributed by atoms with Crippen molar-refractivity contribution in [3.05, 3.63) is 101 Å². The normalized spacial score (nSPS) is 15.5. The second-order valence-corrected chi connectivity index (χ2v) is 8.39. The number of hydrogen-bond donors (Lipinski definition) is 1. The van der Waals surface area contributed by atoms with Crippen LogP contribution in [-0.2, 0) is 27.4 Å². The molecule has 2 amide bonds. The lowest BCUT2D eigenvalue weighted by atomic mass is 10.2. The second kappa shape index (κ2) is 11.2. The van der Waals surface area contributed by atoms with Gasteiger partial charge in [-0.2, -0.15) is 0 Å². The number of aromatic nitrogens is 2. The van der Waals surface area contributed by atoms with Crippen LogP contribution in [0.4, 0.5) is 5.69 Å². The molecule has 9 nitrogen and oxygen atoms in total. The van der Waals surface area contributed by atoms with Gasteiger partial charge in [0.05, 0.1) is 30.7 Å². The molecule has 0 spiro atoms. The van der Waals surface area contributed by atoms with Crippen LogP contribution < -0.4 is 5.32 Å². The van der Waals surface area contributed by atoms with Crippen molar-refractivity contribution in [3.8, 4) is 0 Å². The van der Waals surface area contributed by atoms with Crippen LogP contribution in [0.3, 0.4) is 0 Å². The smallest absolute Gasteiger partial charge is 0.337 e. The van der Waals surface area contributed by atoms with Crippen LogP contribution in [0, 0.1) is 0 Å². The molecule has 0 saturated carbocycles. The maximum absolute atomic E-state index is 13.2. The van der Waals surface area contributed by atoms with Gasteiger partial charge in [0.1, 0.15) is 0 Å². The lowest BCUT2D eigenvalue weighted by molar-refractivity contribution is -0.123. The minimum atomic E-state index is -0.471.